The van der Waals surface area contributed by atoms with E-state index >= 15 is 0 Å². The van der Waals surface area contributed by atoms with Crippen LogP contribution in [0.15, 0.2) is 36.7 Å². The van der Waals surface area contributed by atoms with Crippen LogP contribution in [-0.2, 0) is 0 Å². The smallest absolute Gasteiger partial charge is 0.262 e. The molecule has 0 saturated carbocycles. The van der Waals surface area contributed by atoms with Gasteiger partial charge >= 0.3 is 0 Å². The third-order valence-electron chi connectivity index (χ3n) is 3.48. The van der Waals surface area contributed by atoms with Crippen molar-refractivity contribution in [3.05, 3.63) is 42.2 Å². The molecule has 0 aliphatic carbocycles. The molecule has 6 nitrogen and oxygen atoms in total. The Morgan fingerprint density at radius 1 is 1.27 bits per heavy atom. The van der Waals surface area contributed by atoms with Gasteiger partial charge in [-0.3, -0.25) is 9.69 Å². The number of hydrogen-bond acceptors (Lipinski definition) is 5. The summed E-state index contributed by atoms with van der Waals surface area (Å²) in [5, 5.41) is 0. The average molecular weight is 298 g/mol. The molecule has 1 atom stereocenters. The molecule has 0 radical (unpaired) electrons. The summed E-state index contributed by atoms with van der Waals surface area (Å²) in [6, 6.07) is 7.21. The Kier molecular flexibility index (Phi) is 3.66. The zero-order chi connectivity index (χ0) is 15.7. The Labute approximate surface area is 129 Å². The van der Waals surface area contributed by atoms with E-state index in [1.165, 1.54) is 0 Å². The molecule has 1 aliphatic heterocycles. The molecule has 114 valence electrons. The maximum absolute atomic E-state index is 13.0. The first kappa shape index (κ1) is 14.3. The highest BCUT2D eigenvalue weighted by atomic mass is 16.5. The van der Waals surface area contributed by atoms with E-state index in [9.17, 15) is 4.79 Å². The first-order chi connectivity index (χ1) is 10.6. The van der Waals surface area contributed by atoms with Crippen molar-refractivity contribution < 1.29 is 9.53 Å². The molecule has 2 aromatic heterocycles. The molecule has 0 N–H and O–H groups in total. The number of fused-ring (bicyclic) bond motifs is 1. The zero-order valence-corrected chi connectivity index (χ0v) is 12.9. The maximum atomic E-state index is 13.0. The third kappa shape index (κ3) is 2.47. The lowest BCUT2D eigenvalue weighted by molar-refractivity contribution is 0.0959. The minimum Gasteiger partial charge on any atom is -0.471 e. The lowest BCUT2D eigenvalue weighted by Gasteiger charge is -2.33. The molecule has 0 aromatic carbocycles. The van der Waals surface area contributed by atoms with Crippen LogP contribution in [0, 0.1) is 0 Å². The highest BCUT2D eigenvalue weighted by Gasteiger charge is 2.30. The van der Waals surface area contributed by atoms with Crippen LogP contribution >= 0.6 is 0 Å². The third-order valence-corrected chi connectivity index (χ3v) is 3.48. The van der Waals surface area contributed by atoms with Crippen LogP contribution < -0.4 is 14.5 Å². The van der Waals surface area contributed by atoms with Gasteiger partial charge in [-0.2, -0.15) is 0 Å². The molecule has 22 heavy (non-hydrogen) atoms. The standard InChI is InChI=1S/C16H18N4O2/c1-11-10-20(13-7-5-9-18-15(13)22-11)16(21)12-6-4-8-17-14(12)19(2)3/h4-9,11H,10H2,1-3H3. The number of rotatable bonds is 2. The largest absolute Gasteiger partial charge is 0.471 e. The summed E-state index contributed by atoms with van der Waals surface area (Å²) >= 11 is 0. The topological polar surface area (TPSA) is 58.6 Å². The highest BCUT2D eigenvalue weighted by molar-refractivity contribution is 6.09. The van der Waals surface area contributed by atoms with Gasteiger partial charge in [0.2, 0.25) is 5.88 Å². The van der Waals surface area contributed by atoms with Gasteiger partial charge in [-0.25, -0.2) is 9.97 Å². The Morgan fingerprint density at radius 2 is 2.00 bits per heavy atom. The fourth-order valence-electron chi connectivity index (χ4n) is 2.52. The minimum atomic E-state index is -0.106. The van der Waals surface area contributed by atoms with Gasteiger partial charge in [-0.05, 0) is 31.2 Å². The van der Waals surface area contributed by atoms with Gasteiger partial charge in [-0.15, -0.1) is 0 Å². The summed E-state index contributed by atoms with van der Waals surface area (Å²) in [6.07, 6.45) is 3.24. The fraction of sp³-hybridized carbons (Fsp3) is 0.312. The van der Waals surface area contributed by atoms with Crippen molar-refractivity contribution >= 4 is 17.4 Å². The van der Waals surface area contributed by atoms with E-state index in [4.69, 9.17) is 4.74 Å². The van der Waals surface area contributed by atoms with Gasteiger partial charge in [0.25, 0.3) is 5.91 Å². The van der Waals surface area contributed by atoms with Crippen LogP contribution in [0.4, 0.5) is 11.5 Å². The van der Waals surface area contributed by atoms with Crippen molar-refractivity contribution in [2.75, 3.05) is 30.4 Å². The highest BCUT2D eigenvalue weighted by Crippen LogP contribution is 2.32. The Balaban J connectivity index is 2.03. The first-order valence-electron chi connectivity index (χ1n) is 7.14. The van der Waals surface area contributed by atoms with E-state index in [1.54, 1.807) is 35.5 Å². The van der Waals surface area contributed by atoms with Gasteiger partial charge in [-0.1, -0.05) is 0 Å². The molecule has 0 spiro atoms. The minimum absolute atomic E-state index is 0.0961. The van der Waals surface area contributed by atoms with Gasteiger partial charge in [0, 0.05) is 26.5 Å². The van der Waals surface area contributed by atoms with Crippen LogP contribution in [-0.4, -0.2) is 42.6 Å². The van der Waals surface area contributed by atoms with E-state index in [2.05, 4.69) is 9.97 Å². The van der Waals surface area contributed by atoms with Gasteiger partial charge in [0.1, 0.15) is 17.6 Å². The van der Waals surface area contributed by atoms with Gasteiger partial charge in [0.15, 0.2) is 0 Å². The van der Waals surface area contributed by atoms with Crippen LogP contribution in [0.2, 0.25) is 0 Å². The maximum Gasteiger partial charge on any atom is 0.262 e. The Hall–Kier alpha value is -2.63. The van der Waals surface area contributed by atoms with Crippen molar-refractivity contribution in [3.63, 3.8) is 0 Å². The van der Waals surface area contributed by atoms with Crippen molar-refractivity contribution in [1.29, 1.82) is 0 Å². The predicted molar refractivity (Wildman–Crippen MR) is 84.6 cm³/mol. The molecule has 0 saturated heterocycles. The predicted octanol–water partition coefficient (Wildman–Crippen LogP) is 1.97. The molecule has 1 unspecified atom stereocenters. The fourth-order valence-corrected chi connectivity index (χ4v) is 2.52. The van der Waals surface area contributed by atoms with E-state index in [-0.39, 0.29) is 12.0 Å². The second-order valence-corrected chi connectivity index (χ2v) is 5.44. The molecule has 3 heterocycles. The van der Waals surface area contributed by atoms with Gasteiger partial charge in [0.05, 0.1) is 12.1 Å². The number of hydrogen-bond donors (Lipinski definition) is 0. The number of aromatic nitrogens is 2. The van der Waals surface area contributed by atoms with E-state index < -0.39 is 0 Å². The van der Waals surface area contributed by atoms with E-state index in [1.807, 2.05) is 32.0 Å². The summed E-state index contributed by atoms with van der Waals surface area (Å²) < 4.78 is 5.69. The van der Waals surface area contributed by atoms with Gasteiger partial charge < -0.3 is 9.64 Å². The molecule has 2 aromatic rings. The molecule has 1 aliphatic rings. The number of amides is 1. The first-order valence-corrected chi connectivity index (χ1v) is 7.14. The number of carbonyl (C=O) groups excluding carboxylic acids is 1. The Morgan fingerprint density at radius 3 is 2.77 bits per heavy atom. The summed E-state index contributed by atoms with van der Waals surface area (Å²) in [5.41, 5.74) is 1.26. The van der Waals surface area contributed by atoms with Crippen LogP contribution in [0.25, 0.3) is 0 Å². The molecule has 0 fully saturated rings. The van der Waals surface area contributed by atoms with Crippen LogP contribution in [0.3, 0.4) is 0 Å². The second kappa shape index (κ2) is 5.63. The van der Waals surface area contributed by atoms with Crippen molar-refractivity contribution in [2.24, 2.45) is 0 Å². The number of ether oxygens (including phenoxy) is 1. The lowest BCUT2D eigenvalue weighted by Crippen LogP contribution is -2.43. The monoisotopic (exact) mass is 298 g/mol. The molecular formula is C16H18N4O2. The summed E-state index contributed by atoms with van der Waals surface area (Å²) in [6.45, 7) is 2.41. The Bertz CT molecular complexity index is 702. The van der Waals surface area contributed by atoms with E-state index in [0.717, 1.165) is 0 Å². The number of nitrogens with zero attached hydrogens (tertiary/aromatic N) is 4. The SMILES string of the molecule is CC1CN(C(=O)c2cccnc2N(C)C)c2cccnc2O1. The quantitative estimate of drug-likeness (QED) is 0.848. The number of anilines is 2. The normalized spacial score (nSPS) is 16.7. The zero-order valence-electron chi connectivity index (χ0n) is 12.9. The molecule has 3 rings (SSSR count). The summed E-state index contributed by atoms with van der Waals surface area (Å²) in [4.78, 5) is 25.1. The van der Waals surface area contributed by atoms with Crippen LogP contribution in [0.1, 0.15) is 17.3 Å². The molecule has 6 heteroatoms. The summed E-state index contributed by atoms with van der Waals surface area (Å²) in [7, 11) is 3.74. The van der Waals surface area contributed by atoms with Crippen molar-refractivity contribution in [3.8, 4) is 5.88 Å². The molecular weight excluding hydrogens is 280 g/mol. The second-order valence-electron chi connectivity index (χ2n) is 5.44. The molecule has 0 bridgehead atoms. The average Bonchev–Trinajstić information content (AvgIpc) is 2.53. The number of pyridine rings is 2. The van der Waals surface area contributed by atoms with Crippen molar-refractivity contribution in [2.45, 2.75) is 13.0 Å². The number of carbonyl (C=O) groups is 1. The lowest BCUT2D eigenvalue weighted by atomic mass is 10.1. The van der Waals surface area contributed by atoms with Crippen LogP contribution in [0.5, 0.6) is 5.88 Å². The van der Waals surface area contributed by atoms with Crippen molar-refractivity contribution in [1.82, 2.24) is 9.97 Å². The van der Waals surface area contributed by atoms with E-state index in [0.29, 0.717) is 29.5 Å². The summed E-state index contributed by atoms with van der Waals surface area (Å²) in [5.74, 6) is 1.04. The molecule has 1 amide bonds.